The van der Waals surface area contributed by atoms with E-state index < -0.39 is 0 Å². The molecular weight excluding hydrogens is 321 g/mol. The van der Waals surface area contributed by atoms with Crippen LogP contribution in [0.2, 0.25) is 0 Å². The van der Waals surface area contributed by atoms with Gasteiger partial charge >= 0.3 is 5.69 Å². The fraction of sp³-hybridized carbons (Fsp3) is 0.600. The predicted molar refractivity (Wildman–Crippen MR) is 69.7 cm³/mol. The summed E-state index contributed by atoms with van der Waals surface area (Å²) in [5, 5.41) is 0. The number of hydrogen-bond acceptors (Lipinski definition) is 4. The molecule has 0 bridgehead atoms. The third-order valence-electron chi connectivity index (χ3n) is 2.74. The van der Waals surface area contributed by atoms with E-state index in [4.69, 9.17) is 10.5 Å². The van der Waals surface area contributed by atoms with Crippen LogP contribution in [-0.2, 0) is 4.74 Å². The van der Waals surface area contributed by atoms with Crippen LogP contribution in [0.3, 0.4) is 0 Å². The SMILES string of the molecule is Cc1cn(C2CC[C@@H](CI)O2)c(=O)nc1N. The number of alkyl halides is 1. The smallest absolute Gasteiger partial charge is 0.351 e. The molecule has 0 radical (unpaired) electrons. The summed E-state index contributed by atoms with van der Waals surface area (Å²) in [4.78, 5) is 15.4. The van der Waals surface area contributed by atoms with Crippen molar-refractivity contribution in [3.05, 3.63) is 22.2 Å². The van der Waals surface area contributed by atoms with E-state index >= 15 is 0 Å². The van der Waals surface area contributed by atoms with E-state index in [-0.39, 0.29) is 18.0 Å². The molecule has 6 heteroatoms. The Morgan fingerprint density at radius 2 is 2.44 bits per heavy atom. The molecule has 1 aliphatic heterocycles. The van der Waals surface area contributed by atoms with Crippen molar-refractivity contribution in [1.82, 2.24) is 9.55 Å². The molecule has 0 aliphatic carbocycles. The van der Waals surface area contributed by atoms with Crippen molar-refractivity contribution in [2.45, 2.75) is 32.1 Å². The summed E-state index contributed by atoms with van der Waals surface area (Å²) in [7, 11) is 0. The van der Waals surface area contributed by atoms with Crippen molar-refractivity contribution in [1.29, 1.82) is 0 Å². The molecule has 1 aliphatic rings. The lowest BCUT2D eigenvalue weighted by Gasteiger charge is -2.15. The van der Waals surface area contributed by atoms with Crippen molar-refractivity contribution < 1.29 is 4.74 Å². The van der Waals surface area contributed by atoms with Crippen molar-refractivity contribution in [2.75, 3.05) is 10.2 Å². The van der Waals surface area contributed by atoms with Gasteiger partial charge in [0.2, 0.25) is 0 Å². The van der Waals surface area contributed by atoms with Gasteiger partial charge in [-0.25, -0.2) is 4.79 Å². The third kappa shape index (κ3) is 2.22. The summed E-state index contributed by atoms with van der Waals surface area (Å²) < 4.78 is 8.24. The molecule has 1 unspecified atom stereocenters. The lowest BCUT2D eigenvalue weighted by molar-refractivity contribution is 0.0113. The molecule has 88 valence electrons. The molecule has 2 N–H and O–H groups in total. The predicted octanol–water partition coefficient (Wildman–Crippen LogP) is 1.25. The second-order valence-electron chi connectivity index (χ2n) is 3.94. The van der Waals surface area contributed by atoms with E-state index in [1.165, 1.54) is 4.57 Å². The zero-order valence-electron chi connectivity index (χ0n) is 9.02. The van der Waals surface area contributed by atoms with Crippen molar-refractivity contribution in [2.24, 2.45) is 0 Å². The maximum atomic E-state index is 11.7. The van der Waals surface area contributed by atoms with Crippen LogP contribution in [0, 0.1) is 6.92 Å². The molecule has 2 atom stereocenters. The second kappa shape index (κ2) is 4.70. The second-order valence-corrected chi connectivity index (χ2v) is 4.82. The first-order valence-corrected chi connectivity index (χ1v) is 6.71. The summed E-state index contributed by atoms with van der Waals surface area (Å²) in [6.45, 7) is 1.84. The number of aryl methyl sites for hydroxylation is 1. The Morgan fingerprint density at radius 3 is 3.06 bits per heavy atom. The first kappa shape index (κ1) is 11.8. The summed E-state index contributed by atoms with van der Waals surface area (Å²) in [6.07, 6.45) is 3.64. The number of ether oxygens (including phenoxy) is 1. The number of nitrogen functional groups attached to an aromatic ring is 1. The highest BCUT2D eigenvalue weighted by Crippen LogP contribution is 2.28. The number of nitrogens with two attached hydrogens (primary N) is 1. The maximum absolute atomic E-state index is 11.7. The monoisotopic (exact) mass is 335 g/mol. The van der Waals surface area contributed by atoms with Crippen molar-refractivity contribution in [3.8, 4) is 0 Å². The number of anilines is 1. The van der Waals surface area contributed by atoms with Crippen LogP contribution in [0.25, 0.3) is 0 Å². The van der Waals surface area contributed by atoms with Gasteiger partial charge in [-0.15, -0.1) is 0 Å². The van der Waals surface area contributed by atoms with Crippen LogP contribution in [0.4, 0.5) is 5.82 Å². The van der Waals surface area contributed by atoms with Gasteiger partial charge in [-0.1, -0.05) is 22.6 Å². The van der Waals surface area contributed by atoms with E-state index in [0.29, 0.717) is 5.82 Å². The Balaban J connectivity index is 2.28. The molecule has 1 aromatic rings. The summed E-state index contributed by atoms with van der Waals surface area (Å²) >= 11 is 2.29. The average molecular weight is 335 g/mol. The number of nitrogens with zero attached hydrogens (tertiary/aromatic N) is 2. The van der Waals surface area contributed by atoms with Gasteiger partial charge in [-0.2, -0.15) is 4.98 Å². The molecule has 0 aromatic carbocycles. The first-order valence-electron chi connectivity index (χ1n) is 5.18. The first-order chi connectivity index (χ1) is 7.61. The highest BCUT2D eigenvalue weighted by molar-refractivity contribution is 14.1. The molecule has 16 heavy (non-hydrogen) atoms. The van der Waals surface area contributed by atoms with Gasteiger partial charge in [0.05, 0.1) is 6.10 Å². The summed E-state index contributed by atoms with van der Waals surface area (Å²) in [6, 6.07) is 0. The largest absolute Gasteiger partial charge is 0.383 e. The van der Waals surface area contributed by atoms with Crippen molar-refractivity contribution >= 4 is 28.4 Å². The van der Waals surface area contributed by atoms with E-state index in [1.807, 2.05) is 6.92 Å². The highest BCUT2D eigenvalue weighted by Gasteiger charge is 2.26. The third-order valence-corrected chi connectivity index (χ3v) is 3.72. The molecule has 1 saturated heterocycles. The minimum atomic E-state index is -0.331. The molecule has 2 heterocycles. The molecule has 5 nitrogen and oxygen atoms in total. The summed E-state index contributed by atoms with van der Waals surface area (Å²) in [5.74, 6) is 0.296. The van der Waals surface area contributed by atoms with E-state index in [0.717, 1.165) is 22.8 Å². The van der Waals surface area contributed by atoms with Crippen LogP contribution in [0.1, 0.15) is 24.6 Å². The lowest BCUT2D eigenvalue weighted by atomic mass is 10.2. The van der Waals surface area contributed by atoms with Gasteiger partial charge < -0.3 is 10.5 Å². The minimum Gasteiger partial charge on any atom is -0.383 e. The Morgan fingerprint density at radius 1 is 1.69 bits per heavy atom. The molecule has 1 fully saturated rings. The van der Waals surface area contributed by atoms with Gasteiger partial charge in [0.15, 0.2) is 0 Å². The van der Waals surface area contributed by atoms with Crippen LogP contribution in [-0.4, -0.2) is 20.1 Å². The van der Waals surface area contributed by atoms with Crippen LogP contribution < -0.4 is 11.4 Å². The molecule has 0 saturated carbocycles. The Hall–Kier alpha value is -0.630. The topological polar surface area (TPSA) is 70.1 Å². The number of hydrogen-bond donors (Lipinski definition) is 1. The van der Waals surface area contributed by atoms with E-state index in [1.54, 1.807) is 6.20 Å². The van der Waals surface area contributed by atoms with Gasteiger partial charge in [-0.3, -0.25) is 4.57 Å². The molecule has 0 amide bonds. The van der Waals surface area contributed by atoms with Crippen LogP contribution in [0.5, 0.6) is 0 Å². The maximum Gasteiger partial charge on any atom is 0.351 e. The summed E-state index contributed by atoms with van der Waals surface area (Å²) in [5.41, 5.74) is 6.05. The highest BCUT2D eigenvalue weighted by atomic mass is 127. The quantitative estimate of drug-likeness (QED) is 0.652. The molecule has 1 aromatic heterocycles. The molecule has 2 rings (SSSR count). The van der Waals surface area contributed by atoms with E-state index in [9.17, 15) is 4.79 Å². The van der Waals surface area contributed by atoms with Crippen LogP contribution in [0.15, 0.2) is 11.0 Å². The van der Waals surface area contributed by atoms with Gasteiger partial charge in [0, 0.05) is 16.2 Å². The molecular formula is C10H14IN3O2. The van der Waals surface area contributed by atoms with Gasteiger partial charge in [0.25, 0.3) is 0 Å². The number of halogens is 1. The molecule has 0 spiro atoms. The normalized spacial score (nSPS) is 24.9. The van der Waals surface area contributed by atoms with Crippen LogP contribution >= 0.6 is 22.6 Å². The fourth-order valence-electron chi connectivity index (χ4n) is 1.79. The Labute approximate surface area is 107 Å². The minimum absolute atomic E-state index is 0.181. The zero-order valence-corrected chi connectivity index (χ0v) is 11.2. The average Bonchev–Trinajstić information content (AvgIpc) is 2.71. The van der Waals surface area contributed by atoms with Gasteiger partial charge in [0.1, 0.15) is 12.0 Å². The van der Waals surface area contributed by atoms with E-state index in [2.05, 4.69) is 27.6 Å². The van der Waals surface area contributed by atoms with Gasteiger partial charge in [-0.05, 0) is 19.8 Å². The standard InChI is InChI=1S/C10H14IN3O2/c1-6-5-14(10(15)13-9(6)12)8-3-2-7(4-11)16-8/h5,7-8H,2-4H2,1H3,(H2,12,13,15)/t7-,8?/m0/s1. The zero-order chi connectivity index (χ0) is 11.7. The number of rotatable bonds is 2. The van der Waals surface area contributed by atoms with Crippen molar-refractivity contribution in [3.63, 3.8) is 0 Å². The lowest BCUT2D eigenvalue weighted by Crippen LogP contribution is -2.28. The fourth-order valence-corrected chi connectivity index (χ4v) is 2.44. The Kier molecular flexibility index (Phi) is 3.48. The number of aromatic nitrogens is 2. The Bertz CT molecular complexity index is 446.